The number of carboxylic acid groups (broad SMARTS) is 1. The normalized spacial score (nSPS) is 15.5. The standard InChI is InChI=1S/C19H32N3O6P/c1-14(2)18(22(21)17(23)12-11-15-8-4-3-5-9-15)29(26,27)28-16(19(24)25)10-6-7-13-20/h3-5,8-9,14,16,18H,6-7,10-13,20-21H2,1-2H3,(H,24,25)(H,26,27)/t16?,18-/m0/s1. The third kappa shape index (κ3) is 8.24. The highest BCUT2D eigenvalue weighted by Crippen LogP contribution is 2.52. The maximum Gasteiger partial charge on any atom is 0.353 e. The summed E-state index contributed by atoms with van der Waals surface area (Å²) in [5, 5.41) is 10.0. The predicted molar refractivity (Wildman–Crippen MR) is 110 cm³/mol. The molecule has 1 aromatic carbocycles. The summed E-state index contributed by atoms with van der Waals surface area (Å²) in [4.78, 5) is 34.4. The van der Waals surface area contributed by atoms with Gasteiger partial charge in [-0.05, 0) is 43.7 Å². The van der Waals surface area contributed by atoms with Gasteiger partial charge in [0.1, 0.15) is 0 Å². The maximum atomic E-state index is 12.9. The van der Waals surface area contributed by atoms with E-state index in [4.69, 9.17) is 16.1 Å². The summed E-state index contributed by atoms with van der Waals surface area (Å²) in [5.74, 6) is 2.13. The zero-order valence-corrected chi connectivity index (χ0v) is 17.8. The van der Waals surface area contributed by atoms with E-state index >= 15 is 0 Å². The average molecular weight is 429 g/mol. The summed E-state index contributed by atoms with van der Waals surface area (Å²) in [5.41, 5.74) is 6.33. The molecule has 9 nitrogen and oxygen atoms in total. The largest absolute Gasteiger partial charge is 0.479 e. The molecular weight excluding hydrogens is 397 g/mol. The van der Waals surface area contributed by atoms with Crippen molar-refractivity contribution in [2.24, 2.45) is 17.5 Å². The van der Waals surface area contributed by atoms with Crippen molar-refractivity contribution < 1.29 is 28.7 Å². The smallest absolute Gasteiger partial charge is 0.353 e. The van der Waals surface area contributed by atoms with E-state index in [9.17, 15) is 24.2 Å². The number of unbranched alkanes of at least 4 members (excludes halogenated alkanes) is 1. The van der Waals surface area contributed by atoms with Crippen LogP contribution in [0, 0.1) is 5.92 Å². The Balaban J connectivity index is 2.86. The van der Waals surface area contributed by atoms with Crippen LogP contribution in [0.3, 0.4) is 0 Å². The lowest BCUT2D eigenvalue weighted by atomic mass is 10.1. The van der Waals surface area contributed by atoms with Gasteiger partial charge >= 0.3 is 13.6 Å². The van der Waals surface area contributed by atoms with Crippen LogP contribution in [0.25, 0.3) is 0 Å². The van der Waals surface area contributed by atoms with E-state index in [1.807, 2.05) is 30.3 Å². The minimum Gasteiger partial charge on any atom is -0.479 e. The quantitative estimate of drug-likeness (QED) is 0.122. The van der Waals surface area contributed by atoms with Crippen LogP contribution in [-0.4, -0.2) is 45.3 Å². The molecule has 10 heteroatoms. The Morgan fingerprint density at radius 2 is 1.83 bits per heavy atom. The highest BCUT2D eigenvalue weighted by atomic mass is 31.2. The molecule has 0 saturated heterocycles. The van der Waals surface area contributed by atoms with Crippen LogP contribution < -0.4 is 11.6 Å². The van der Waals surface area contributed by atoms with Crippen LogP contribution in [0.5, 0.6) is 0 Å². The summed E-state index contributed by atoms with van der Waals surface area (Å²) in [6.07, 6.45) is 0.0221. The fourth-order valence-electron chi connectivity index (χ4n) is 2.97. The number of carbonyl (C=O) groups excluding carboxylic acids is 1. The molecule has 0 fully saturated rings. The predicted octanol–water partition coefficient (Wildman–Crippen LogP) is 2.09. The second-order valence-corrected chi connectivity index (χ2v) is 9.09. The molecule has 1 rings (SSSR count). The van der Waals surface area contributed by atoms with Gasteiger partial charge in [-0.25, -0.2) is 10.6 Å². The molecule has 0 radical (unpaired) electrons. The molecule has 0 aliphatic rings. The molecular formula is C19H32N3O6P. The molecule has 0 spiro atoms. The molecule has 0 saturated carbocycles. The van der Waals surface area contributed by atoms with Gasteiger partial charge in [0.05, 0.1) is 0 Å². The van der Waals surface area contributed by atoms with Crippen molar-refractivity contribution in [1.82, 2.24) is 5.01 Å². The molecule has 29 heavy (non-hydrogen) atoms. The zero-order chi connectivity index (χ0) is 22.0. The van der Waals surface area contributed by atoms with Gasteiger partial charge < -0.3 is 15.7 Å². The third-order valence-corrected chi connectivity index (χ3v) is 6.52. The molecule has 0 aliphatic heterocycles. The van der Waals surface area contributed by atoms with E-state index in [1.165, 1.54) is 0 Å². The van der Waals surface area contributed by atoms with E-state index in [-0.39, 0.29) is 12.8 Å². The van der Waals surface area contributed by atoms with E-state index in [2.05, 4.69) is 0 Å². The van der Waals surface area contributed by atoms with Crippen LogP contribution in [0.2, 0.25) is 0 Å². The Labute approximate surface area is 171 Å². The van der Waals surface area contributed by atoms with Crippen molar-refractivity contribution in [3.63, 3.8) is 0 Å². The summed E-state index contributed by atoms with van der Waals surface area (Å²) in [6, 6.07) is 9.30. The van der Waals surface area contributed by atoms with Crippen molar-refractivity contribution in [2.45, 2.75) is 57.8 Å². The van der Waals surface area contributed by atoms with E-state index in [0.717, 1.165) is 5.56 Å². The summed E-state index contributed by atoms with van der Waals surface area (Å²) >= 11 is 0. The molecule has 0 heterocycles. The third-order valence-electron chi connectivity index (χ3n) is 4.45. The number of carboxylic acids is 1. The molecule has 0 bridgehead atoms. The number of benzene rings is 1. The van der Waals surface area contributed by atoms with E-state index in [0.29, 0.717) is 30.8 Å². The lowest BCUT2D eigenvalue weighted by molar-refractivity contribution is -0.146. The number of aliphatic carboxylic acids is 1. The van der Waals surface area contributed by atoms with Gasteiger partial charge in [-0.1, -0.05) is 44.2 Å². The highest BCUT2D eigenvalue weighted by Gasteiger charge is 2.43. The first-order valence-electron chi connectivity index (χ1n) is 9.64. The Hall–Kier alpha value is -1.77. The Morgan fingerprint density at radius 3 is 2.34 bits per heavy atom. The van der Waals surface area contributed by atoms with Gasteiger partial charge in [-0.2, -0.15) is 0 Å². The molecule has 1 amide bonds. The zero-order valence-electron chi connectivity index (χ0n) is 16.9. The number of carbonyl (C=O) groups is 2. The van der Waals surface area contributed by atoms with Crippen LogP contribution in [0.4, 0.5) is 0 Å². The van der Waals surface area contributed by atoms with E-state index < -0.39 is 37.3 Å². The number of hydrogen-bond donors (Lipinski definition) is 4. The first kappa shape index (κ1) is 25.3. The molecule has 1 aromatic rings. The summed E-state index contributed by atoms with van der Waals surface area (Å²) < 4.78 is 18.0. The average Bonchev–Trinajstić information content (AvgIpc) is 2.65. The van der Waals surface area contributed by atoms with Crippen molar-refractivity contribution in [2.75, 3.05) is 6.54 Å². The number of aryl methyl sites for hydroxylation is 1. The fourth-order valence-corrected chi connectivity index (χ4v) is 4.85. The molecule has 2 unspecified atom stereocenters. The lowest BCUT2D eigenvalue weighted by Gasteiger charge is -2.34. The minimum absolute atomic E-state index is 0.0361. The van der Waals surface area contributed by atoms with Crippen molar-refractivity contribution >= 4 is 19.5 Å². The van der Waals surface area contributed by atoms with Gasteiger partial charge in [-0.15, -0.1) is 0 Å². The maximum absolute atomic E-state index is 12.9. The lowest BCUT2D eigenvalue weighted by Crippen LogP contribution is -2.48. The van der Waals surface area contributed by atoms with Gasteiger partial charge in [0, 0.05) is 6.42 Å². The fraction of sp³-hybridized carbons (Fsp3) is 0.579. The highest BCUT2D eigenvalue weighted by molar-refractivity contribution is 7.53. The number of nitrogens with zero attached hydrogens (tertiary/aromatic N) is 1. The Bertz CT molecular complexity index is 700. The van der Waals surface area contributed by atoms with Crippen LogP contribution in [0.1, 0.15) is 45.1 Å². The monoisotopic (exact) mass is 429 g/mol. The molecule has 6 N–H and O–H groups in total. The SMILES string of the molecule is CC(C)[C@@H](N(N)C(=O)CCc1ccccc1)P(=O)(O)OC(CCCCN)C(=O)O. The second-order valence-electron chi connectivity index (χ2n) is 7.23. The minimum atomic E-state index is -4.56. The topological polar surface area (TPSA) is 156 Å². The van der Waals surface area contributed by atoms with Gasteiger partial charge in [0.2, 0.25) is 5.91 Å². The number of nitrogens with two attached hydrogens (primary N) is 2. The van der Waals surface area contributed by atoms with Gasteiger partial charge in [0.25, 0.3) is 0 Å². The van der Waals surface area contributed by atoms with Gasteiger partial charge in [-0.3, -0.25) is 18.9 Å². The molecule has 0 aromatic heterocycles. The molecule has 0 aliphatic carbocycles. The van der Waals surface area contributed by atoms with Crippen molar-refractivity contribution in [3.8, 4) is 0 Å². The number of hydrazine groups is 1. The first-order valence-corrected chi connectivity index (χ1v) is 11.3. The van der Waals surface area contributed by atoms with Crippen LogP contribution >= 0.6 is 7.60 Å². The van der Waals surface area contributed by atoms with Crippen molar-refractivity contribution in [1.29, 1.82) is 0 Å². The van der Waals surface area contributed by atoms with E-state index in [1.54, 1.807) is 13.8 Å². The number of rotatable bonds is 13. The first-order chi connectivity index (χ1) is 13.6. The second kappa shape index (κ2) is 12.0. The van der Waals surface area contributed by atoms with Crippen molar-refractivity contribution in [3.05, 3.63) is 35.9 Å². The Morgan fingerprint density at radius 1 is 1.21 bits per heavy atom. The summed E-state index contributed by atoms with van der Waals surface area (Å²) in [6.45, 7) is 3.61. The molecule has 164 valence electrons. The van der Waals surface area contributed by atoms with Gasteiger partial charge in [0.15, 0.2) is 11.9 Å². The molecule has 3 atom stereocenters. The number of hydrogen-bond acceptors (Lipinski definition) is 6. The summed E-state index contributed by atoms with van der Waals surface area (Å²) in [7, 11) is -4.56. The number of amides is 1. The van der Waals surface area contributed by atoms with Crippen LogP contribution in [-0.2, 0) is 25.1 Å². The van der Waals surface area contributed by atoms with Crippen LogP contribution in [0.15, 0.2) is 30.3 Å². The Kier molecular flexibility index (Phi) is 10.5.